The molecule has 7 nitrogen and oxygen atoms in total. The second-order valence-corrected chi connectivity index (χ2v) is 7.29. The van der Waals surface area contributed by atoms with Gasteiger partial charge < -0.3 is 14.2 Å². The summed E-state index contributed by atoms with van der Waals surface area (Å²) in [7, 11) is 1.46. The Morgan fingerprint density at radius 2 is 2.32 bits per heavy atom. The summed E-state index contributed by atoms with van der Waals surface area (Å²) in [6.45, 7) is 3.46. The number of ether oxygens (including phenoxy) is 1. The molecule has 4 rings (SSSR count). The van der Waals surface area contributed by atoms with Crippen LogP contribution in [0.3, 0.4) is 0 Å². The number of thioether (sulfide) groups is 1. The molecule has 0 N–H and O–H groups in total. The molecule has 0 aromatic carbocycles. The standard InChI is InChI=1S/C14H16N4O3S/c1-8-10-11(15-7-16-12(10)21-17-8)18-5-14(6-18)9(3-4-22-14)13(19)20-2/h7,9H,3-6H2,1-2H3. The van der Waals surface area contributed by atoms with Gasteiger partial charge in [-0.3, -0.25) is 4.79 Å². The highest BCUT2D eigenvalue weighted by Crippen LogP contribution is 2.51. The van der Waals surface area contributed by atoms with Gasteiger partial charge in [0.15, 0.2) is 0 Å². The largest absolute Gasteiger partial charge is 0.469 e. The van der Waals surface area contributed by atoms with Crippen LogP contribution in [0.1, 0.15) is 12.1 Å². The van der Waals surface area contributed by atoms with Crippen LogP contribution in [0.2, 0.25) is 0 Å². The van der Waals surface area contributed by atoms with Gasteiger partial charge in [-0.1, -0.05) is 5.16 Å². The molecule has 1 unspecified atom stereocenters. The molecule has 2 aromatic heterocycles. The Kier molecular flexibility index (Phi) is 3.04. The van der Waals surface area contributed by atoms with Gasteiger partial charge in [-0.15, -0.1) is 0 Å². The van der Waals surface area contributed by atoms with Crippen molar-refractivity contribution in [3.8, 4) is 0 Å². The summed E-state index contributed by atoms with van der Waals surface area (Å²) < 4.78 is 10.1. The lowest BCUT2D eigenvalue weighted by Gasteiger charge is -2.50. The van der Waals surface area contributed by atoms with E-state index in [2.05, 4.69) is 20.0 Å². The van der Waals surface area contributed by atoms with Crippen molar-refractivity contribution < 1.29 is 14.1 Å². The van der Waals surface area contributed by atoms with E-state index in [1.54, 1.807) is 0 Å². The molecule has 0 bridgehead atoms. The Morgan fingerprint density at radius 1 is 1.50 bits per heavy atom. The molecule has 4 heterocycles. The highest BCUT2D eigenvalue weighted by atomic mass is 32.2. The summed E-state index contributed by atoms with van der Waals surface area (Å²) in [4.78, 5) is 22.7. The average Bonchev–Trinajstić information content (AvgIpc) is 3.09. The van der Waals surface area contributed by atoms with Gasteiger partial charge in [0.2, 0.25) is 0 Å². The number of nitrogens with zero attached hydrogens (tertiary/aromatic N) is 4. The lowest BCUT2D eigenvalue weighted by Crippen LogP contribution is -2.63. The Labute approximate surface area is 131 Å². The average molecular weight is 320 g/mol. The number of hydrogen-bond donors (Lipinski definition) is 0. The molecule has 2 aliphatic rings. The minimum atomic E-state index is -0.0985. The van der Waals surface area contributed by atoms with Crippen LogP contribution in [0, 0.1) is 12.8 Å². The topological polar surface area (TPSA) is 81.4 Å². The van der Waals surface area contributed by atoms with Crippen molar-refractivity contribution >= 4 is 34.6 Å². The van der Waals surface area contributed by atoms with Gasteiger partial charge in [-0.2, -0.15) is 16.7 Å². The van der Waals surface area contributed by atoms with Crippen LogP contribution in [0.5, 0.6) is 0 Å². The molecule has 2 saturated heterocycles. The highest BCUT2D eigenvalue weighted by Gasteiger charge is 2.56. The first-order valence-corrected chi connectivity index (χ1v) is 8.17. The monoisotopic (exact) mass is 320 g/mol. The molecule has 22 heavy (non-hydrogen) atoms. The maximum absolute atomic E-state index is 12.0. The molecular weight excluding hydrogens is 304 g/mol. The van der Waals surface area contributed by atoms with Crippen molar-refractivity contribution in [1.82, 2.24) is 15.1 Å². The molecule has 2 aliphatic heterocycles. The van der Waals surface area contributed by atoms with Crippen LogP contribution in [0.4, 0.5) is 5.82 Å². The molecule has 2 aromatic rings. The van der Waals surface area contributed by atoms with Gasteiger partial charge in [-0.05, 0) is 19.1 Å². The van der Waals surface area contributed by atoms with Crippen molar-refractivity contribution in [3.05, 3.63) is 12.0 Å². The molecule has 1 atom stereocenters. The van der Waals surface area contributed by atoms with Crippen molar-refractivity contribution in [2.45, 2.75) is 18.1 Å². The number of anilines is 1. The van der Waals surface area contributed by atoms with Gasteiger partial charge in [0.1, 0.15) is 17.5 Å². The number of carbonyl (C=O) groups excluding carboxylic acids is 1. The predicted octanol–water partition coefficient (Wildman–Crippen LogP) is 1.41. The summed E-state index contributed by atoms with van der Waals surface area (Å²) in [5, 5.41) is 4.82. The minimum Gasteiger partial charge on any atom is -0.469 e. The normalized spacial score (nSPS) is 23.0. The highest BCUT2D eigenvalue weighted by molar-refractivity contribution is 8.01. The molecule has 0 aliphatic carbocycles. The molecule has 1 spiro atoms. The first kappa shape index (κ1) is 13.8. The number of carbonyl (C=O) groups is 1. The predicted molar refractivity (Wildman–Crippen MR) is 81.9 cm³/mol. The maximum atomic E-state index is 12.0. The van der Waals surface area contributed by atoms with E-state index in [-0.39, 0.29) is 16.6 Å². The lowest BCUT2D eigenvalue weighted by molar-refractivity contribution is -0.146. The molecule has 0 saturated carbocycles. The van der Waals surface area contributed by atoms with E-state index < -0.39 is 0 Å². The summed E-state index contributed by atoms with van der Waals surface area (Å²) in [5.74, 6) is 1.71. The Hall–Kier alpha value is -1.83. The van der Waals surface area contributed by atoms with Gasteiger partial charge in [0.05, 0.1) is 23.5 Å². The maximum Gasteiger partial charge on any atom is 0.310 e. The second-order valence-electron chi connectivity index (χ2n) is 5.78. The fraction of sp³-hybridized carbons (Fsp3) is 0.571. The van der Waals surface area contributed by atoms with Crippen molar-refractivity contribution in [2.24, 2.45) is 5.92 Å². The summed E-state index contributed by atoms with van der Waals surface area (Å²) in [6, 6.07) is 0. The molecule has 0 radical (unpaired) electrons. The van der Waals surface area contributed by atoms with Crippen LogP contribution < -0.4 is 4.90 Å². The third kappa shape index (κ3) is 1.83. The molecule has 116 valence electrons. The SMILES string of the molecule is COC(=O)C1CCSC12CN(c1ncnc3onc(C)c13)C2. The second kappa shape index (κ2) is 4.84. The number of fused-ring (bicyclic) bond motifs is 1. The van der Waals surface area contributed by atoms with Crippen LogP contribution in [-0.4, -0.2) is 51.8 Å². The molecular formula is C14H16N4O3S. The van der Waals surface area contributed by atoms with E-state index in [1.165, 1.54) is 13.4 Å². The third-order valence-electron chi connectivity index (χ3n) is 4.56. The van der Waals surface area contributed by atoms with Crippen LogP contribution in [0.15, 0.2) is 10.9 Å². The number of aromatic nitrogens is 3. The lowest BCUT2D eigenvalue weighted by atomic mass is 9.83. The van der Waals surface area contributed by atoms with E-state index in [4.69, 9.17) is 9.26 Å². The minimum absolute atomic E-state index is 0.0281. The van der Waals surface area contributed by atoms with E-state index in [9.17, 15) is 4.79 Å². The molecule has 8 heteroatoms. The first-order chi connectivity index (χ1) is 10.6. The van der Waals surface area contributed by atoms with E-state index in [0.29, 0.717) is 5.71 Å². The van der Waals surface area contributed by atoms with Crippen molar-refractivity contribution in [1.29, 1.82) is 0 Å². The van der Waals surface area contributed by atoms with Gasteiger partial charge in [0.25, 0.3) is 5.71 Å². The first-order valence-electron chi connectivity index (χ1n) is 7.18. The molecule has 2 fully saturated rings. The van der Waals surface area contributed by atoms with Crippen LogP contribution in [0.25, 0.3) is 11.1 Å². The Morgan fingerprint density at radius 3 is 3.09 bits per heavy atom. The number of hydrogen-bond acceptors (Lipinski definition) is 8. The fourth-order valence-electron chi connectivity index (χ4n) is 3.42. The number of aryl methyl sites for hydroxylation is 1. The summed E-state index contributed by atoms with van der Waals surface area (Å²) >= 11 is 1.87. The number of rotatable bonds is 2. The smallest absolute Gasteiger partial charge is 0.310 e. The zero-order valence-electron chi connectivity index (χ0n) is 12.4. The van der Waals surface area contributed by atoms with E-state index in [1.807, 2.05) is 18.7 Å². The molecule has 0 amide bonds. The Bertz CT molecular complexity index is 741. The zero-order chi connectivity index (χ0) is 15.3. The number of methoxy groups -OCH3 is 1. The quantitative estimate of drug-likeness (QED) is 0.768. The van der Waals surface area contributed by atoms with Crippen LogP contribution in [-0.2, 0) is 9.53 Å². The summed E-state index contributed by atoms with van der Waals surface area (Å²) in [6.07, 6.45) is 2.38. The summed E-state index contributed by atoms with van der Waals surface area (Å²) in [5.41, 5.74) is 1.29. The van der Waals surface area contributed by atoms with Crippen molar-refractivity contribution in [2.75, 3.05) is 30.9 Å². The Balaban J connectivity index is 1.62. The number of esters is 1. The van der Waals surface area contributed by atoms with Gasteiger partial charge in [0, 0.05) is 13.1 Å². The van der Waals surface area contributed by atoms with E-state index in [0.717, 1.165) is 42.2 Å². The van der Waals surface area contributed by atoms with Crippen LogP contribution >= 0.6 is 11.8 Å². The van der Waals surface area contributed by atoms with E-state index >= 15 is 0 Å². The van der Waals surface area contributed by atoms with Gasteiger partial charge >= 0.3 is 5.97 Å². The van der Waals surface area contributed by atoms with Crippen molar-refractivity contribution in [3.63, 3.8) is 0 Å². The fourth-order valence-corrected chi connectivity index (χ4v) is 5.09. The zero-order valence-corrected chi connectivity index (χ0v) is 13.2. The van der Waals surface area contributed by atoms with Gasteiger partial charge in [-0.25, -0.2) is 4.98 Å². The third-order valence-corrected chi connectivity index (χ3v) is 6.11.